The van der Waals surface area contributed by atoms with E-state index in [1.165, 1.54) is 60.5 Å². The van der Waals surface area contributed by atoms with E-state index in [2.05, 4.69) is 4.72 Å². The van der Waals surface area contributed by atoms with Gasteiger partial charge in [0.1, 0.15) is 5.82 Å². The number of hydrogen-bond acceptors (Lipinski definition) is 3. The molecule has 0 aliphatic heterocycles. The van der Waals surface area contributed by atoms with E-state index in [1.54, 1.807) is 6.92 Å². The summed E-state index contributed by atoms with van der Waals surface area (Å²) in [6, 6.07) is 13.3. The molecule has 1 N–H and O–H groups in total. The molecule has 3 rings (SSSR count). The average molecular weight is 448 g/mol. The van der Waals surface area contributed by atoms with Crippen LogP contribution >= 0.6 is 0 Å². The minimum absolute atomic E-state index is 0.0633. The van der Waals surface area contributed by atoms with Crippen molar-refractivity contribution in [1.82, 2.24) is 4.90 Å². The lowest BCUT2D eigenvalue weighted by Gasteiger charge is -2.25. The number of rotatable bonds is 6. The fourth-order valence-corrected chi connectivity index (χ4v) is 4.03. The minimum atomic E-state index is -4.15. The highest BCUT2D eigenvalue weighted by Gasteiger charge is 2.23. The number of carbonyl (C=O) groups excluding carboxylic acids is 1. The van der Waals surface area contributed by atoms with Gasteiger partial charge in [0.15, 0.2) is 11.6 Å². The van der Waals surface area contributed by atoms with Crippen molar-refractivity contribution in [3.8, 4) is 0 Å². The van der Waals surface area contributed by atoms with Crippen LogP contribution in [0.4, 0.5) is 18.9 Å². The smallest absolute Gasteiger partial charge is 0.262 e. The van der Waals surface area contributed by atoms with E-state index < -0.39 is 39.4 Å². The third-order valence-corrected chi connectivity index (χ3v) is 6.20. The summed E-state index contributed by atoms with van der Waals surface area (Å²) in [4.78, 5) is 13.9. The number of carbonyl (C=O) groups is 1. The van der Waals surface area contributed by atoms with Crippen LogP contribution in [-0.4, -0.2) is 26.3 Å². The Hall–Kier alpha value is -3.33. The summed E-state index contributed by atoms with van der Waals surface area (Å²) in [5.74, 6) is -3.29. The molecule has 3 aromatic carbocycles. The highest BCUT2D eigenvalue weighted by Crippen LogP contribution is 2.24. The monoisotopic (exact) mass is 448 g/mol. The average Bonchev–Trinajstić information content (AvgIpc) is 2.75. The number of anilines is 1. The predicted octanol–water partition coefficient (Wildman–Crippen LogP) is 4.74. The van der Waals surface area contributed by atoms with Crippen LogP contribution in [-0.2, 0) is 10.0 Å². The lowest BCUT2D eigenvalue weighted by molar-refractivity contribution is 0.0742. The van der Waals surface area contributed by atoms with Gasteiger partial charge >= 0.3 is 0 Å². The van der Waals surface area contributed by atoms with Gasteiger partial charge in [0.05, 0.1) is 16.6 Å². The lowest BCUT2D eigenvalue weighted by Crippen LogP contribution is -2.30. The van der Waals surface area contributed by atoms with Gasteiger partial charge in [0.25, 0.3) is 15.9 Å². The molecule has 0 saturated heterocycles. The summed E-state index contributed by atoms with van der Waals surface area (Å²) >= 11 is 0. The molecular weight excluding hydrogens is 429 g/mol. The van der Waals surface area contributed by atoms with Gasteiger partial charge in [-0.05, 0) is 55.0 Å². The van der Waals surface area contributed by atoms with E-state index in [4.69, 9.17) is 0 Å². The molecule has 0 spiro atoms. The molecule has 162 valence electrons. The summed E-state index contributed by atoms with van der Waals surface area (Å²) in [5, 5.41) is 0. The van der Waals surface area contributed by atoms with Crippen molar-refractivity contribution in [1.29, 1.82) is 0 Å². The number of hydrogen-bond donors (Lipinski definition) is 1. The summed E-state index contributed by atoms with van der Waals surface area (Å²) in [5.41, 5.74) is 0.219. The molecule has 0 aliphatic carbocycles. The van der Waals surface area contributed by atoms with Crippen molar-refractivity contribution in [3.05, 3.63) is 95.3 Å². The van der Waals surface area contributed by atoms with Gasteiger partial charge in [0, 0.05) is 12.6 Å². The Morgan fingerprint density at radius 1 is 0.903 bits per heavy atom. The molecule has 0 radical (unpaired) electrons. The fourth-order valence-electron chi connectivity index (χ4n) is 2.92. The molecular formula is C22H19F3N2O3S. The summed E-state index contributed by atoms with van der Waals surface area (Å²) in [6.45, 7) is 1.63. The number of para-hydroxylation sites is 1. The Kier molecular flexibility index (Phi) is 6.35. The third-order valence-electron chi connectivity index (χ3n) is 4.84. The van der Waals surface area contributed by atoms with Crippen molar-refractivity contribution in [2.75, 3.05) is 11.8 Å². The molecule has 9 heteroatoms. The predicted molar refractivity (Wildman–Crippen MR) is 111 cm³/mol. The van der Waals surface area contributed by atoms with Crippen molar-refractivity contribution in [2.45, 2.75) is 17.9 Å². The fraction of sp³-hybridized carbons (Fsp3) is 0.136. The maximum Gasteiger partial charge on any atom is 0.262 e. The summed E-state index contributed by atoms with van der Waals surface area (Å²) in [7, 11) is -2.69. The van der Waals surface area contributed by atoms with Crippen molar-refractivity contribution in [2.24, 2.45) is 0 Å². The second kappa shape index (κ2) is 8.81. The Balaban J connectivity index is 1.85. The van der Waals surface area contributed by atoms with Gasteiger partial charge in [0.2, 0.25) is 0 Å². The van der Waals surface area contributed by atoms with Crippen molar-refractivity contribution in [3.63, 3.8) is 0 Å². The molecule has 3 aromatic rings. The SMILES string of the molecule is CC(c1ccc(F)c(F)c1)N(C)C(=O)c1cccc(S(=O)(=O)Nc2ccccc2F)c1. The van der Waals surface area contributed by atoms with Gasteiger partial charge < -0.3 is 4.90 Å². The first-order valence-corrected chi connectivity index (χ1v) is 10.7. The first-order chi connectivity index (χ1) is 14.6. The van der Waals surface area contributed by atoms with Crippen molar-refractivity contribution >= 4 is 21.6 Å². The molecule has 0 heterocycles. The molecule has 0 aliphatic rings. The van der Waals surface area contributed by atoms with E-state index in [1.807, 2.05) is 0 Å². The van der Waals surface area contributed by atoms with Crippen LogP contribution in [0.1, 0.15) is 28.9 Å². The Morgan fingerprint density at radius 2 is 1.61 bits per heavy atom. The Bertz CT molecular complexity index is 1230. The van der Waals surface area contributed by atoms with Gasteiger partial charge in [-0.25, -0.2) is 21.6 Å². The summed E-state index contributed by atoms with van der Waals surface area (Å²) < 4.78 is 68.0. The van der Waals surface area contributed by atoms with Gasteiger partial charge in [-0.2, -0.15) is 0 Å². The number of halogens is 3. The van der Waals surface area contributed by atoms with E-state index in [0.717, 1.165) is 18.2 Å². The quantitative estimate of drug-likeness (QED) is 0.593. The van der Waals surface area contributed by atoms with Crippen LogP contribution in [0.15, 0.2) is 71.6 Å². The molecule has 31 heavy (non-hydrogen) atoms. The molecule has 0 aromatic heterocycles. The van der Waals surface area contributed by atoms with E-state index >= 15 is 0 Å². The van der Waals surface area contributed by atoms with E-state index in [-0.39, 0.29) is 16.1 Å². The first-order valence-electron chi connectivity index (χ1n) is 9.19. The molecule has 5 nitrogen and oxygen atoms in total. The largest absolute Gasteiger partial charge is 0.335 e. The number of amides is 1. The van der Waals surface area contributed by atoms with Gasteiger partial charge in [-0.1, -0.05) is 24.3 Å². The third kappa shape index (κ3) is 4.88. The zero-order valence-corrected chi connectivity index (χ0v) is 17.5. The van der Waals surface area contributed by atoms with Crippen LogP contribution < -0.4 is 4.72 Å². The number of nitrogens with one attached hydrogen (secondary N) is 1. The maximum atomic E-state index is 13.8. The van der Waals surface area contributed by atoms with Gasteiger partial charge in [-0.3, -0.25) is 9.52 Å². The Morgan fingerprint density at radius 3 is 2.29 bits per heavy atom. The number of nitrogens with zero attached hydrogens (tertiary/aromatic N) is 1. The molecule has 0 fully saturated rings. The van der Waals surface area contributed by atoms with Crippen molar-refractivity contribution < 1.29 is 26.4 Å². The van der Waals surface area contributed by atoms with E-state index in [0.29, 0.717) is 5.56 Å². The zero-order chi connectivity index (χ0) is 22.8. The molecule has 1 atom stereocenters. The Labute approximate surface area is 178 Å². The van der Waals surface area contributed by atoms with Crippen LogP contribution in [0.3, 0.4) is 0 Å². The lowest BCUT2D eigenvalue weighted by atomic mass is 10.1. The van der Waals surface area contributed by atoms with Crippen LogP contribution in [0.2, 0.25) is 0 Å². The highest BCUT2D eigenvalue weighted by atomic mass is 32.2. The normalized spacial score (nSPS) is 12.3. The molecule has 1 unspecified atom stereocenters. The van der Waals surface area contributed by atoms with Crippen LogP contribution in [0.5, 0.6) is 0 Å². The molecule has 0 bridgehead atoms. The van der Waals surface area contributed by atoms with Crippen LogP contribution in [0, 0.1) is 17.5 Å². The van der Waals surface area contributed by atoms with Gasteiger partial charge in [-0.15, -0.1) is 0 Å². The maximum absolute atomic E-state index is 13.8. The topological polar surface area (TPSA) is 66.5 Å². The molecule has 0 saturated carbocycles. The second-order valence-corrected chi connectivity index (χ2v) is 8.56. The number of sulfonamides is 1. The summed E-state index contributed by atoms with van der Waals surface area (Å²) in [6.07, 6.45) is 0. The first kappa shape index (κ1) is 22.4. The zero-order valence-electron chi connectivity index (χ0n) is 16.6. The number of benzene rings is 3. The highest BCUT2D eigenvalue weighted by molar-refractivity contribution is 7.92. The second-order valence-electron chi connectivity index (χ2n) is 6.88. The minimum Gasteiger partial charge on any atom is -0.335 e. The van der Waals surface area contributed by atoms with E-state index in [9.17, 15) is 26.4 Å². The van der Waals surface area contributed by atoms with Crippen LogP contribution in [0.25, 0.3) is 0 Å². The molecule has 1 amide bonds. The standard InChI is InChI=1S/C22H19F3N2O3S/c1-14(15-10-11-18(23)20(25)13-15)27(2)22(28)16-6-5-7-17(12-16)31(29,30)26-21-9-4-3-8-19(21)24/h3-14,26H,1-2H3.